The van der Waals surface area contributed by atoms with Crippen LogP contribution in [0.4, 0.5) is 0 Å². The highest BCUT2D eigenvalue weighted by atomic mass is 79.9. The van der Waals surface area contributed by atoms with E-state index in [0.29, 0.717) is 11.3 Å². The average Bonchev–Trinajstić information content (AvgIpc) is 2.44. The lowest BCUT2D eigenvalue weighted by molar-refractivity contribution is 1.39. The van der Waals surface area contributed by atoms with Crippen molar-refractivity contribution in [3.8, 4) is 6.07 Å². The third kappa shape index (κ3) is 2.86. The first kappa shape index (κ1) is 13.4. The molecule has 0 saturated carbocycles. The van der Waals surface area contributed by atoms with E-state index in [-0.39, 0.29) is 0 Å². The third-order valence-electron chi connectivity index (χ3n) is 2.91. The van der Waals surface area contributed by atoms with Gasteiger partial charge in [0, 0.05) is 4.47 Å². The van der Waals surface area contributed by atoms with Crippen LogP contribution in [0.3, 0.4) is 0 Å². The molecule has 19 heavy (non-hydrogen) atoms. The van der Waals surface area contributed by atoms with E-state index < -0.39 is 0 Å². The van der Waals surface area contributed by atoms with Crippen molar-refractivity contribution in [2.24, 2.45) is 5.73 Å². The van der Waals surface area contributed by atoms with Gasteiger partial charge in [0.1, 0.15) is 6.07 Å². The minimum Gasteiger partial charge on any atom is -0.397 e. The maximum Gasteiger partial charge on any atom is 0.102 e. The molecule has 0 atom stereocenters. The Kier molecular flexibility index (Phi) is 4.03. The molecule has 0 heterocycles. The van der Waals surface area contributed by atoms with E-state index in [0.717, 1.165) is 21.2 Å². The molecule has 0 aliphatic heterocycles. The van der Waals surface area contributed by atoms with E-state index in [1.54, 1.807) is 0 Å². The van der Waals surface area contributed by atoms with Crippen LogP contribution in [0, 0.1) is 18.3 Å². The first-order chi connectivity index (χ1) is 9.13. The molecule has 0 unspecified atom stereocenters. The van der Waals surface area contributed by atoms with Crippen LogP contribution < -0.4 is 5.73 Å². The Morgan fingerprint density at radius 3 is 2.37 bits per heavy atom. The summed E-state index contributed by atoms with van der Waals surface area (Å²) in [5, 5.41) is 9.34. The Hall–Kier alpha value is -2.05. The number of aryl methyl sites for hydroxylation is 1. The lowest BCUT2D eigenvalue weighted by Crippen LogP contribution is -2.01. The molecule has 0 bridgehead atoms. The molecule has 3 heteroatoms. The average molecular weight is 313 g/mol. The van der Waals surface area contributed by atoms with E-state index >= 15 is 0 Å². The zero-order valence-corrected chi connectivity index (χ0v) is 12.1. The van der Waals surface area contributed by atoms with Gasteiger partial charge in [-0.25, -0.2) is 0 Å². The Balaban J connectivity index is 2.56. The zero-order valence-electron chi connectivity index (χ0n) is 10.5. The molecule has 0 radical (unpaired) electrons. The summed E-state index contributed by atoms with van der Waals surface area (Å²) in [5.74, 6) is 0. The van der Waals surface area contributed by atoms with Crippen molar-refractivity contribution in [2.75, 3.05) is 0 Å². The van der Waals surface area contributed by atoms with Crippen LogP contribution in [0.25, 0.3) is 11.3 Å². The maximum atomic E-state index is 9.34. The van der Waals surface area contributed by atoms with E-state index in [4.69, 9.17) is 5.73 Å². The number of nitriles is 1. The van der Waals surface area contributed by atoms with Crippen LogP contribution in [0.2, 0.25) is 0 Å². The summed E-state index contributed by atoms with van der Waals surface area (Å²) in [7, 11) is 0. The second-order valence-corrected chi connectivity index (χ2v) is 5.08. The van der Waals surface area contributed by atoms with Gasteiger partial charge in [-0.2, -0.15) is 5.26 Å². The van der Waals surface area contributed by atoms with Gasteiger partial charge in [-0.15, -0.1) is 0 Å². The second kappa shape index (κ2) is 5.73. The fourth-order valence-corrected chi connectivity index (χ4v) is 2.09. The number of hydrogen-bond acceptors (Lipinski definition) is 2. The molecule has 0 fully saturated rings. The molecule has 0 saturated heterocycles. The summed E-state index contributed by atoms with van der Waals surface area (Å²) in [6.45, 7) is 2.00. The smallest absolute Gasteiger partial charge is 0.102 e. The van der Waals surface area contributed by atoms with Crippen LogP contribution in [-0.4, -0.2) is 0 Å². The quantitative estimate of drug-likeness (QED) is 0.670. The molecule has 0 spiro atoms. The topological polar surface area (TPSA) is 49.8 Å². The van der Waals surface area contributed by atoms with E-state index in [9.17, 15) is 5.26 Å². The van der Waals surface area contributed by atoms with Crippen LogP contribution in [0.15, 0.2) is 53.0 Å². The Bertz CT molecular complexity index is 667. The summed E-state index contributed by atoms with van der Waals surface area (Å²) >= 11 is 3.46. The van der Waals surface area contributed by atoms with Crippen LogP contribution >= 0.6 is 15.9 Å². The van der Waals surface area contributed by atoms with Crippen molar-refractivity contribution in [1.82, 2.24) is 0 Å². The number of rotatable bonds is 2. The highest BCUT2D eigenvalue weighted by Crippen LogP contribution is 2.25. The molecule has 2 N–H and O–H groups in total. The number of allylic oxidation sites excluding steroid dienone is 1. The number of benzene rings is 2. The van der Waals surface area contributed by atoms with Gasteiger partial charge in [0.2, 0.25) is 0 Å². The number of hydrogen-bond donors (Lipinski definition) is 1. The Morgan fingerprint density at radius 2 is 1.79 bits per heavy atom. The predicted molar refractivity (Wildman–Crippen MR) is 81.9 cm³/mol. The fraction of sp³-hybridized carbons (Fsp3) is 0.0625. The van der Waals surface area contributed by atoms with Crippen molar-refractivity contribution < 1.29 is 0 Å². The summed E-state index contributed by atoms with van der Waals surface area (Å²) in [4.78, 5) is 0. The predicted octanol–water partition coefficient (Wildman–Crippen LogP) is 4.11. The summed E-state index contributed by atoms with van der Waals surface area (Å²) in [5.41, 5.74) is 9.94. The summed E-state index contributed by atoms with van der Waals surface area (Å²) < 4.78 is 1.03. The SMILES string of the molecule is Cc1cc(/C(N)=C(/C#N)c2ccccc2)ccc1Br. The molecule has 2 aromatic rings. The lowest BCUT2D eigenvalue weighted by atomic mass is 10.00. The van der Waals surface area contributed by atoms with Crippen molar-refractivity contribution in [1.29, 1.82) is 5.26 Å². The summed E-state index contributed by atoms with van der Waals surface area (Å²) in [6.07, 6.45) is 0. The van der Waals surface area contributed by atoms with Crippen molar-refractivity contribution in [3.63, 3.8) is 0 Å². The highest BCUT2D eigenvalue weighted by molar-refractivity contribution is 9.10. The third-order valence-corrected chi connectivity index (χ3v) is 3.80. The first-order valence-corrected chi connectivity index (χ1v) is 6.64. The molecule has 2 nitrogen and oxygen atoms in total. The van der Waals surface area contributed by atoms with Gasteiger partial charge in [0.25, 0.3) is 0 Å². The lowest BCUT2D eigenvalue weighted by Gasteiger charge is -2.08. The van der Waals surface area contributed by atoms with Crippen LogP contribution in [0.1, 0.15) is 16.7 Å². The van der Waals surface area contributed by atoms with Crippen molar-refractivity contribution >= 4 is 27.2 Å². The standard InChI is InChI=1S/C16H13BrN2/c1-11-9-13(7-8-15(11)17)16(19)14(10-18)12-5-3-2-4-6-12/h2-9H,19H2,1H3/b16-14+. The number of halogens is 1. The van der Waals surface area contributed by atoms with E-state index in [2.05, 4.69) is 22.0 Å². The number of nitrogens with two attached hydrogens (primary N) is 1. The molecule has 0 aromatic heterocycles. The van der Waals surface area contributed by atoms with Crippen molar-refractivity contribution in [2.45, 2.75) is 6.92 Å². The number of nitrogens with zero attached hydrogens (tertiary/aromatic N) is 1. The fourth-order valence-electron chi connectivity index (χ4n) is 1.84. The monoisotopic (exact) mass is 312 g/mol. The molecule has 94 valence electrons. The molecule has 2 rings (SSSR count). The minimum atomic E-state index is 0.502. The zero-order chi connectivity index (χ0) is 13.8. The Morgan fingerprint density at radius 1 is 1.11 bits per heavy atom. The molecular weight excluding hydrogens is 300 g/mol. The van der Waals surface area contributed by atoms with Gasteiger partial charge >= 0.3 is 0 Å². The molecule has 0 aliphatic rings. The normalized spacial score (nSPS) is 11.6. The van der Waals surface area contributed by atoms with Crippen LogP contribution in [-0.2, 0) is 0 Å². The molecular formula is C16H13BrN2. The molecule has 0 amide bonds. The first-order valence-electron chi connectivity index (χ1n) is 5.85. The maximum absolute atomic E-state index is 9.34. The van der Waals surface area contributed by atoms with Gasteiger partial charge in [-0.1, -0.05) is 52.3 Å². The van der Waals surface area contributed by atoms with Gasteiger partial charge in [0.05, 0.1) is 11.3 Å². The minimum absolute atomic E-state index is 0.502. The van der Waals surface area contributed by atoms with Crippen LogP contribution in [0.5, 0.6) is 0 Å². The molecule has 2 aromatic carbocycles. The van der Waals surface area contributed by atoms with Gasteiger partial charge in [-0.05, 0) is 35.7 Å². The largest absolute Gasteiger partial charge is 0.397 e. The van der Waals surface area contributed by atoms with Gasteiger partial charge in [-0.3, -0.25) is 0 Å². The van der Waals surface area contributed by atoms with E-state index in [1.165, 1.54) is 0 Å². The van der Waals surface area contributed by atoms with Gasteiger partial charge in [0.15, 0.2) is 0 Å². The highest BCUT2D eigenvalue weighted by Gasteiger charge is 2.08. The summed E-state index contributed by atoms with van der Waals surface area (Å²) in [6, 6.07) is 17.5. The van der Waals surface area contributed by atoms with Gasteiger partial charge < -0.3 is 5.73 Å². The Labute approximate surface area is 121 Å². The van der Waals surface area contributed by atoms with E-state index in [1.807, 2.05) is 55.5 Å². The van der Waals surface area contributed by atoms with Crippen molar-refractivity contribution in [3.05, 3.63) is 69.7 Å². The molecule has 0 aliphatic carbocycles. The second-order valence-electron chi connectivity index (χ2n) is 4.23.